The van der Waals surface area contributed by atoms with Gasteiger partial charge in [0.1, 0.15) is 5.82 Å². The van der Waals surface area contributed by atoms with Crippen LogP contribution in [0, 0.1) is 12.7 Å². The number of hydrogen-bond donors (Lipinski definition) is 1. The summed E-state index contributed by atoms with van der Waals surface area (Å²) in [5, 5.41) is 0.794. The van der Waals surface area contributed by atoms with E-state index in [9.17, 15) is 9.18 Å². The number of likely N-dealkylation sites (tertiary alicyclic amines) is 1. The van der Waals surface area contributed by atoms with Gasteiger partial charge in [0.2, 0.25) is 5.91 Å². The van der Waals surface area contributed by atoms with E-state index in [0.29, 0.717) is 5.52 Å². The van der Waals surface area contributed by atoms with Crippen molar-refractivity contribution in [1.82, 2.24) is 14.9 Å². The number of carbonyl (C=O) groups is 1. The zero-order valence-corrected chi connectivity index (χ0v) is 14.1. The topological polar surface area (TPSA) is 49.0 Å². The molecule has 0 saturated carbocycles. The summed E-state index contributed by atoms with van der Waals surface area (Å²) < 4.78 is 14.0. The standard InChI is InChI=1S/C20H20FN3O/c1-13-16(15-6-2-7-17(21)20(15)23-13)11-19(25)24-10-4-8-18(24)14-5-3-9-22-12-14/h2-3,5-7,9,12,18,23H,4,8,10-11H2,1H3. The molecule has 1 unspecified atom stereocenters. The number of fused-ring (bicyclic) bond motifs is 1. The van der Waals surface area contributed by atoms with Crippen LogP contribution in [0.15, 0.2) is 42.7 Å². The molecule has 1 atom stereocenters. The van der Waals surface area contributed by atoms with E-state index in [1.54, 1.807) is 12.3 Å². The maximum Gasteiger partial charge on any atom is 0.227 e. The van der Waals surface area contributed by atoms with Crippen LogP contribution in [0.1, 0.15) is 35.7 Å². The van der Waals surface area contributed by atoms with E-state index in [1.165, 1.54) is 6.07 Å². The van der Waals surface area contributed by atoms with Gasteiger partial charge in [-0.25, -0.2) is 4.39 Å². The van der Waals surface area contributed by atoms with Crippen molar-refractivity contribution in [2.75, 3.05) is 6.54 Å². The summed E-state index contributed by atoms with van der Waals surface area (Å²) in [4.78, 5) is 22.2. The smallest absolute Gasteiger partial charge is 0.227 e. The van der Waals surface area contributed by atoms with Crippen LogP contribution in [-0.2, 0) is 11.2 Å². The van der Waals surface area contributed by atoms with Crippen LogP contribution < -0.4 is 0 Å². The quantitative estimate of drug-likeness (QED) is 0.787. The van der Waals surface area contributed by atoms with Gasteiger partial charge in [0.25, 0.3) is 0 Å². The molecule has 128 valence electrons. The van der Waals surface area contributed by atoms with Gasteiger partial charge in [-0.05, 0) is 43.0 Å². The van der Waals surface area contributed by atoms with Crippen molar-refractivity contribution in [3.05, 3.63) is 65.4 Å². The van der Waals surface area contributed by atoms with Crippen molar-refractivity contribution in [2.24, 2.45) is 0 Å². The van der Waals surface area contributed by atoms with Crippen molar-refractivity contribution >= 4 is 16.8 Å². The fourth-order valence-electron chi connectivity index (χ4n) is 3.83. The molecule has 25 heavy (non-hydrogen) atoms. The Morgan fingerprint density at radius 2 is 2.24 bits per heavy atom. The molecule has 3 heterocycles. The Kier molecular flexibility index (Phi) is 3.99. The summed E-state index contributed by atoms with van der Waals surface area (Å²) in [5.74, 6) is -0.201. The molecule has 4 nitrogen and oxygen atoms in total. The van der Waals surface area contributed by atoms with Crippen LogP contribution in [0.3, 0.4) is 0 Å². The maximum absolute atomic E-state index is 14.0. The SMILES string of the molecule is Cc1[nH]c2c(F)cccc2c1CC(=O)N1CCCC1c1cccnc1. The van der Waals surface area contributed by atoms with Gasteiger partial charge in [-0.3, -0.25) is 9.78 Å². The number of amides is 1. The monoisotopic (exact) mass is 337 g/mol. The third-order valence-electron chi connectivity index (χ3n) is 5.07. The fourth-order valence-corrected chi connectivity index (χ4v) is 3.83. The van der Waals surface area contributed by atoms with Crippen LogP contribution in [0.2, 0.25) is 0 Å². The summed E-state index contributed by atoms with van der Waals surface area (Å²) >= 11 is 0. The summed E-state index contributed by atoms with van der Waals surface area (Å²) in [5.41, 5.74) is 3.30. The second-order valence-electron chi connectivity index (χ2n) is 6.60. The first kappa shape index (κ1) is 15.8. The molecule has 1 amide bonds. The summed E-state index contributed by atoms with van der Waals surface area (Å²) in [6.45, 7) is 2.65. The lowest BCUT2D eigenvalue weighted by atomic mass is 10.0. The van der Waals surface area contributed by atoms with Crippen molar-refractivity contribution in [1.29, 1.82) is 0 Å². The highest BCUT2D eigenvalue weighted by Crippen LogP contribution is 2.33. The molecule has 1 fully saturated rings. The van der Waals surface area contributed by atoms with Gasteiger partial charge in [0, 0.05) is 30.0 Å². The van der Waals surface area contributed by atoms with Crippen molar-refractivity contribution < 1.29 is 9.18 Å². The van der Waals surface area contributed by atoms with Crippen LogP contribution in [0.4, 0.5) is 4.39 Å². The number of carbonyl (C=O) groups excluding carboxylic acids is 1. The van der Waals surface area contributed by atoms with Crippen molar-refractivity contribution in [3.63, 3.8) is 0 Å². The summed E-state index contributed by atoms with van der Waals surface area (Å²) in [6.07, 6.45) is 5.81. The molecule has 1 aliphatic heterocycles. The van der Waals surface area contributed by atoms with E-state index >= 15 is 0 Å². The van der Waals surface area contributed by atoms with E-state index in [1.807, 2.05) is 36.2 Å². The Bertz CT molecular complexity index is 919. The lowest BCUT2D eigenvalue weighted by Gasteiger charge is -2.25. The largest absolute Gasteiger partial charge is 0.356 e. The molecule has 1 N–H and O–H groups in total. The molecule has 1 aliphatic rings. The number of halogens is 1. The van der Waals surface area contributed by atoms with Crippen LogP contribution >= 0.6 is 0 Å². The Hall–Kier alpha value is -2.69. The molecule has 4 rings (SSSR count). The first-order valence-corrected chi connectivity index (χ1v) is 8.60. The van der Waals surface area contributed by atoms with Crippen LogP contribution in [0.5, 0.6) is 0 Å². The van der Waals surface area contributed by atoms with Gasteiger partial charge in [0.05, 0.1) is 18.0 Å². The second kappa shape index (κ2) is 6.31. The minimum Gasteiger partial charge on any atom is -0.356 e. The number of rotatable bonds is 3. The summed E-state index contributed by atoms with van der Waals surface area (Å²) in [6, 6.07) is 9.00. The number of benzene rings is 1. The number of aryl methyl sites for hydroxylation is 1. The number of hydrogen-bond acceptors (Lipinski definition) is 2. The molecule has 0 bridgehead atoms. The van der Waals surface area contributed by atoms with Crippen molar-refractivity contribution in [3.8, 4) is 0 Å². The third kappa shape index (κ3) is 2.80. The molecular weight excluding hydrogens is 317 g/mol. The lowest BCUT2D eigenvalue weighted by Crippen LogP contribution is -2.32. The highest BCUT2D eigenvalue weighted by atomic mass is 19.1. The lowest BCUT2D eigenvalue weighted by molar-refractivity contribution is -0.131. The fraction of sp³-hybridized carbons (Fsp3) is 0.300. The average Bonchev–Trinajstić information content (AvgIpc) is 3.23. The number of pyridine rings is 1. The van der Waals surface area contributed by atoms with E-state index in [2.05, 4.69) is 9.97 Å². The normalized spacial score (nSPS) is 17.4. The minimum atomic E-state index is -0.284. The molecule has 5 heteroatoms. The van der Waals surface area contributed by atoms with E-state index < -0.39 is 0 Å². The average molecular weight is 337 g/mol. The number of aromatic nitrogens is 2. The van der Waals surface area contributed by atoms with E-state index in [0.717, 1.165) is 41.6 Å². The van der Waals surface area contributed by atoms with Gasteiger partial charge in [-0.2, -0.15) is 0 Å². The number of H-pyrrole nitrogens is 1. The first-order chi connectivity index (χ1) is 12.1. The third-order valence-corrected chi connectivity index (χ3v) is 5.07. The Balaban J connectivity index is 1.62. The molecular formula is C20H20FN3O. The molecule has 0 spiro atoms. The molecule has 1 aromatic carbocycles. The van der Waals surface area contributed by atoms with Gasteiger partial charge < -0.3 is 9.88 Å². The predicted octanol–water partition coefficient (Wildman–Crippen LogP) is 3.92. The van der Waals surface area contributed by atoms with Gasteiger partial charge in [0.15, 0.2) is 0 Å². The van der Waals surface area contributed by atoms with Gasteiger partial charge in [-0.1, -0.05) is 18.2 Å². The predicted molar refractivity (Wildman–Crippen MR) is 94.6 cm³/mol. The molecule has 2 aromatic heterocycles. The molecule has 3 aromatic rings. The summed E-state index contributed by atoms with van der Waals surface area (Å²) in [7, 11) is 0. The van der Waals surface area contributed by atoms with Crippen molar-refractivity contribution in [2.45, 2.75) is 32.2 Å². The number of aromatic amines is 1. The van der Waals surface area contributed by atoms with E-state index in [-0.39, 0.29) is 24.2 Å². The maximum atomic E-state index is 14.0. The van der Waals surface area contributed by atoms with Gasteiger partial charge >= 0.3 is 0 Å². The highest BCUT2D eigenvalue weighted by molar-refractivity contribution is 5.90. The molecule has 0 radical (unpaired) electrons. The first-order valence-electron chi connectivity index (χ1n) is 8.60. The number of nitrogens with one attached hydrogen (secondary N) is 1. The minimum absolute atomic E-state index is 0.0830. The molecule has 0 aliphatic carbocycles. The number of para-hydroxylation sites is 1. The Labute approximate surface area is 145 Å². The number of nitrogens with zero attached hydrogens (tertiary/aromatic N) is 2. The highest BCUT2D eigenvalue weighted by Gasteiger charge is 2.30. The Morgan fingerprint density at radius 1 is 1.36 bits per heavy atom. The zero-order valence-electron chi connectivity index (χ0n) is 14.1. The van der Waals surface area contributed by atoms with Crippen LogP contribution in [0.25, 0.3) is 10.9 Å². The zero-order chi connectivity index (χ0) is 17.4. The second-order valence-corrected chi connectivity index (χ2v) is 6.60. The van der Waals surface area contributed by atoms with Gasteiger partial charge in [-0.15, -0.1) is 0 Å². The van der Waals surface area contributed by atoms with E-state index in [4.69, 9.17) is 0 Å². The molecule has 1 saturated heterocycles. The Morgan fingerprint density at radius 3 is 3.04 bits per heavy atom. The van der Waals surface area contributed by atoms with Crippen LogP contribution in [-0.4, -0.2) is 27.3 Å².